The van der Waals surface area contributed by atoms with Gasteiger partial charge in [-0.25, -0.2) is 0 Å². The number of nitrogens with zero attached hydrogens (tertiary/aromatic N) is 3. The third kappa shape index (κ3) is 5.02. The molecule has 1 aliphatic rings. The minimum atomic E-state index is -4.55. The molecule has 2 aromatic heterocycles. The fourth-order valence-corrected chi connectivity index (χ4v) is 4.78. The molecular formula is C22H22F3IN4O. The summed E-state index contributed by atoms with van der Waals surface area (Å²) in [6.07, 6.45) is 3.82. The predicted octanol–water partition coefficient (Wildman–Crippen LogP) is 6.26. The molecule has 1 atom stereocenters. The lowest BCUT2D eigenvalue weighted by Crippen LogP contribution is -2.22. The highest BCUT2D eigenvalue weighted by atomic mass is 127. The Morgan fingerprint density at radius 3 is 2.61 bits per heavy atom. The number of anilines is 1. The number of pyridine rings is 1. The smallest absolute Gasteiger partial charge is 0.322 e. The van der Waals surface area contributed by atoms with Crippen molar-refractivity contribution in [3.05, 3.63) is 54.0 Å². The Balaban J connectivity index is 1.48. The molecule has 1 N–H and O–H groups in total. The van der Waals surface area contributed by atoms with Gasteiger partial charge in [-0.1, -0.05) is 29.5 Å². The molecule has 0 radical (unpaired) electrons. The molecule has 0 bridgehead atoms. The number of carbonyl (C=O) groups excluding carboxylic acids is 1. The molecular weight excluding hydrogens is 520 g/mol. The molecule has 31 heavy (non-hydrogen) atoms. The second-order valence-electron chi connectivity index (χ2n) is 8.04. The summed E-state index contributed by atoms with van der Waals surface area (Å²) in [7, 11) is 0. The van der Waals surface area contributed by atoms with E-state index in [0.29, 0.717) is 21.9 Å². The third-order valence-corrected chi connectivity index (χ3v) is 6.89. The van der Waals surface area contributed by atoms with Gasteiger partial charge in [-0.05, 0) is 55.9 Å². The topological polar surface area (TPSA) is 59.8 Å². The summed E-state index contributed by atoms with van der Waals surface area (Å²) in [4.78, 5) is 16.0. The van der Waals surface area contributed by atoms with Gasteiger partial charge in [0, 0.05) is 33.6 Å². The minimum Gasteiger partial charge on any atom is -0.322 e. The maximum absolute atomic E-state index is 12.9. The van der Waals surface area contributed by atoms with Crippen LogP contribution in [0, 0.1) is 5.92 Å². The van der Waals surface area contributed by atoms with Gasteiger partial charge in [0.05, 0.1) is 22.7 Å². The molecule has 1 unspecified atom stereocenters. The van der Waals surface area contributed by atoms with E-state index in [1.165, 1.54) is 12.8 Å². The molecule has 9 heteroatoms. The zero-order valence-corrected chi connectivity index (χ0v) is 19.0. The largest absolute Gasteiger partial charge is 0.417 e. The van der Waals surface area contributed by atoms with E-state index >= 15 is 0 Å². The third-order valence-electron chi connectivity index (χ3n) is 5.87. The SMILES string of the molecule is CC(I)C1CCC(n2cc3cc(NC(=O)c4cncc(C(F)(F)F)c4)ccc3n2)CC1. The first kappa shape index (κ1) is 22.0. The van der Waals surface area contributed by atoms with Crippen molar-refractivity contribution in [2.45, 2.75) is 48.7 Å². The van der Waals surface area contributed by atoms with Crippen LogP contribution in [0.25, 0.3) is 10.9 Å². The number of aromatic nitrogens is 3. The van der Waals surface area contributed by atoms with Crippen molar-refractivity contribution < 1.29 is 18.0 Å². The zero-order valence-electron chi connectivity index (χ0n) is 16.9. The molecule has 1 saturated carbocycles. The van der Waals surface area contributed by atoms with Crippen molar-refractivity contribution in [1.82, 2.24) is 14.8 Å². The summed E-state index contributed by atoms with van der Waals surface area (Å²) in [5.41, 5.74) is 0.218. The van der Waals surface area contributed by atoms with E-state index in [1.54, 1.807) is 12.1 Å². The predicted molar refractivity (Wildman–Crippen MR) is 121 cm³/mol. The lowest BCUT2D eigenvalue weighted by atomic mass is 9.84. The Labute approximate surface area is 191 Å². The summed E-state index contributed by atoms with van der Waals surface area (Å²) in [5.74, 6) is 0.116. The quantitative estimate of drug-likeness (QED) is 0.313. The number of carbonyl (C=O) groups is 1. The van der Waals surface area contributed by atoms with Crippen molar-refractivity contribution >= 4 is 45.1 Å². The summed E-state index contributed by atoms with van der Waals surface area (Å²) in [5, 5.41) is 8.22. The molecule has 1 fully saturated rings. The van der Waals surface area contributed by atoms with E-state index in [2.05, 4.69) is 39.8 Å². The summed E-state index contributed by atoms with van der Waals surface area (Å²) in [6.45, 7) is 2.26. The van der Waals surface area contributed by atoms with Crippen molar-refractivity contribution in [3.63, 3.8) is 0 Å². The zero-order chi connectivity index (χ0) is 22.2. The number of rotatable bonds is 4. The maximum atomic E-state index is 12.9. The monoisotopic (exact) mass is 542 g/mol. The van der Waals surface area contributed by atoms with Crippen LogP contribution >= 0.6 is 22.6 Å². The second-order valence-corrected chi connectivity index (χ2v) is 10.0. The molecule has 2 heterocycles. The Hall–Kier alpha value is -2.17. The Morgan fingerprint density at radius 1 is 1.19 bits per heavy atom. The van der Waals surface area contributed by atoms with E-state index < -0.39 is 17.6 Å². The van der Waals surface area contributed by atoms with E-state index in [1.807, 2.05) is 16.9 Å². The van der Waals surface area contributed by atoms with Crippen LogP contribution in [0.4, 0.5) is 18.9 Å². The van der Waals surface area contributed by atoms with E-state index in [-0.39, 0.29) is 5.56 Å². The van der Waals surface area contributed by atoms with Gasteiger partial charge in [0.25, 0.3) is 5.91 Å². The summed E-state index contributed by atoms with van der Waals surface area (Å²) >= 11 is 2.50. The number of nitrogens with one attached hydrogen (secondary N) is 1. The van der Waals surface area contributed by atoms with Gasteiger partial charge in [-0.3, -0.25) is 14.5 Å². The lowest BCUT2D eigenvalue weighted by Gasteiger charge is -2.30. The number of halogens is 4. The minimum absolute atomic E-state index is 0.146. The first-order chi connectivity index (χ1) is 14.7. The summed E-state index contributed by atoms with van der Waals surface area (Å²) < 4.78 is 41.3. The fraction of sp³-hybridized carbons (Fsp3) is 0.409. The molecule has 5 nitrogen and oxygen atoms in total. The van der Waals surface area contributed by atoms with Crippen LogP contribution in [0.3, 0.4) is 0 Å². The normalized spacial score (nSPS) is 20.5. The van der Waals surface area contributed by atoms with Gasteiger partial charge in [-0.2, -0.15) is 18.3 Å². The summed E-state index contributed by atoms with van der Waals surface area (Å²) in [6, 6.07) is 6.47. The number of alkyl halides is 4. The van der Waals surface area contributed by atoms with Crippen LogP contribution in [-0.4, -0.2) is 24.6 Å². The first-order valence-electron chi connectivity index (χ1n) is 10.2. The van der Waals surface area contributed by atoms with Gasteiger partial charge < -0.3 is 5.32 Å². The number of benzene rings is 1. The molecule has 1 amide bonds. The lowest BCUT2D eigenvalue weighted by molar-refractivity contribution is -0.137. The van der Waals surface area contributed by atoms with E-state index in [9.17, 15) is 18.0 Å². The Bertz CT molecular complexity index is 1090. The fourth-order valence-electron chi connectivity index (χ4n) is 4.06. The first-order valence-corrected chi connectivity index (χ1v) is 11.4. The Morgan fingerprint density at radius 2 is 1.94 bits per heavy atom. The standard InChI is InChI=1S/C22H22F3IN4O/c1-13(26)14-2-5-19(6-3-14)30-12-16-9-18(4-7-20(16)29-30)28-21(31)15-8-17(11-27-10-15)22(23,24)25/h4,7-14,19H,2-3,5-6H2,1H3,(H,28,31). The van der Waals surface area contributed by atoms with E-state index in [4.69, 9.17) is 5.10 Å². The van der Waals surface area contributed by atoms with Crippen molar-refractivity contribution in [3.8, 4) is 0 Å². The van der Waals surface area contributed by atoms with Crippen molar-refractivity contribution in [2.24, 2.45) is 5.92 Å². The van der Waals surface area contributed by atoms with Crippen molar-refractivity contribution in [1.29, 1.82) is 0 Å². The van der Waals surface area contributed by atoms with Crippen LogP contribution in [-0.2, 0) is 6.18 Å². The van der Waals surface area contributed by atoms with Crippen LogP contribution in [0.1, 0.15) is 54.6 Å². The van der Waals surface area contributed by atoms with Gasteiger partial charge >= 0.3 is 6.18 Å². The van der Waals surface area contributed by atoms with Crippen LogP contribution < -0.4 is 5.32 Å². The molecule has 0 aliphatic heterocycles. The average molecular weight is 542 g/mol. The number of fused-ring (bicyclic) bond motifs is 1. The second kappa shape index (κ2) is 8.76. The maximum Gasteiger partial charge on any atom is 0.417 e. The number of hydrogen-bond acceptors (Lipinski definition) is 3. The number of amides is 1. The average Bonchev–Trinajstić information content (AvgIpc) is 3.16. The van der Waals surface area contributed by atoms with Crippen LogP contribution in [0.5, 0.6) is 0 Å². The van der Waals surface area contributed by atoms with Gasteiger partial charge in [0.1, 0.15) is 0 Å². The highest BCUT2D eigenvalue weighted by Crippen LogP contribution is 2.36. The highest BCUT2D eigenvalue weighted by Gasteiger charge is 2.31. The van der Waals surface area contributed by atoms with Gasteiger partial charge in [0.15, 0.2) is 0 Å². The molecule has 1 aliphatic carbocycles. The van der Waals surface area contributed by atoms with E-state index in [0.717, 1.165) is 41.9 Å². The molecule has 1 aromatic carbocycles. The van der Waals surface area contributed by atoms with Gasteiger partial charge in [0.2, 0.25) is 0 Å². The molecule has 0 saturated heterocycles. The van der Waals surface area contributed by atoms with Gasteiger partial charge in [-0.15, -0.1) is 0 Å². The van der Waals surface area contributed by atoms with Crippen molar-refractivity contribution in [2.75, 3.05) is 5.32 Å². The molecule has 3 aromatic rings. The molecule has 4 rings (SSSR count). The Kier molecular flexibility index (Phi) is 6.23. The molecule has 0 spiro atoms. The van der Waals surface area contributed by atoms with Crippen LogP contribution in [0.2, 0.25) is 0 Å². The highest BCUT2D eigenvalue weighted by molar-refractivity contribution is 14.1. The number of hydrogen-bond donors (Lipinski definition) is 1. The molecule has 164 valence electrons. The van der Waals surface area contributed by atoms with Crippen LogP contribution in [0.15, 0.2) is 42.9 Å².